The molecule has 6 heteroatoms. The molecule has 1 aromatic rings. The van der Waals surface area contributed by atoms with E-state index in [0.717, 1.165) is 5.56 Å². The van der Waals surface area contributed by atoms with Gasteiger partial charge in [-0.1, -0.05) is 0 Å². The highest BCUT2D eigenvalue weighted by molar-refractivity contribution is 6.04. The first-order chi connectivity index (χ1) is 9.62. The van der Waals surface area contributed by atoms with E-state index >= 15 is 0 Å². The molecule has 1 N–H and O–H groups in total. The fraction of sp³-hybridized carbons (Fsp3) is 0.429. The summed E-state index contributed by atoms with van der Waals surface area (Å²) in [5.41, 5.74) is 1.37. The molecule has 6 nitrogen and oxygen atoms in total. The minimum atomic E-state index is -0.604. The highest BCUT2D eigenvalue weighted by Gasteiger charge is 2.31. The minimum absolute atomic E-state index is 0.141. The van der Waals surface area contributed by atoms with E-state index in [2.05, 4.69) is 10.1 Å². The molecule has 0 saturated carbocycles. The predicted molar refractivity (Wildman–Crippen MR) is 71.5 cm³/mol. The van der Waals surface area contributed by atoms with Crippen molar-refractivity contribution in [3.63, 3.8) is 0 Å². The van der Waals surface area contributed by atoms with Gasteiger partial charge in [0.2, 0.25) is 0 Å². The van der Waals surface area contributed by atoms with Crippen LogP contribution in [-0.2, 0) is 11.2 Å². The van der Waals surface area contributed by atoms with E-state index in [1.165, 1.54) is 7.11 Å². The molecule has 0 aromatic heterocycles. The second-order valence-electron chi connectivity index (χ2n) is 4.42. The molecule has 0 bridgehead atoms. The van der Waals surface area contributed by atoms with Crippen molar-refractivity contribution in [1.82, 2.24) is 5.32 Å². The lowest BCUT2D eigenvalue weighted by Gasteiger charge is -2.25. The van der Waals surface area contributed by atoms with E-state index in [9.17, 15) is 9.59 Å². The number of rotatable bonds is 3. The van der Waals surface area contributed by atoms with Crippen LogP contribution < -0.4 is 14.8 Å². The molecule has 0 spiro atoms. The first kappa shape index (κ1) is 14.2. The predicted octanol–water partition coefficient (Wildman–Crippen LogP) is 1.56. The topological polar surface area (TPSA) is 73.9 Å². The molecule has 0 aliphatic heterocycles. The zero-order chi connectivity index (χ0) is 14.7. The van der Waals surface area contributed by atoms with Crippen molar-refractivity contribution in [3.05, 3.63) is 23.3 Å². The van der Waals surface area contributed by atoms with Crippen LogP contribution in [0.25, 0.3) is 0 Å². The molecule has 1 aliphatic rings. The van der Waals surface area contributed by atoms with Crippen LogP contribution in [0.15, 0.2) is 12.1 Å². The SMILES string of the molecule is COC(=O)NC1CCc2c(ccc(OC)c2OC)C1=O. The van der Waals surface area contributed by atoms with Gasteiger partial charge in [-0.3, -0.25) is 4.79 Å². The Morgan fingerprint density at radius 1 is 1.25 bits per heavy atom. The summed E-state index contributed by atoms with van der Waals surface area (Å²) >= 11 is 0. The van der Waals surface area contributed by atoms with Crippen LogP contribution in [0, 0.1) is 0 Å². The molecule has 2 rings (SSSR count). The second kappa shape index (κ2) is 5.81. The number of hydrogen-bond acceptors (Lipinski definition) is 5. The molecule has 1 aromatic carbocycles. The highest BCUT2D eigenvalue weighted by atomic mass is 16.5. The maximum atomic E-state index is 12.4. The van der Waals surface area contributed by atoms with Crippen LogP contribution in [-0.4, -0.2) is 39.2 Å². The van der Waals surface area contributed by atoms with Crippen LogP contribution in [0.2, 0.25) is 0 Å². The summed E-state index contributed by atoms with van der Waals surface area (Å²) in [6.45, 7) is 0. The maximum Gasteiger partial charge on any atom is 0.407 e. The molecule has 0 heterocycles. The number of alkyl carbamates (subject to hydrolysis) is 1. The van der Waals surface area contributed by atoms with E-state index in [0.29, 0.717) is 29.9 Å². The van der Waals surface area contributed by atoms with Gasteiger partial charge in [-0.15, -0.1) is 0 Å². The van der Waals surface area contributed by atoms with Crippen LogP contribution >= 0.6 is 0 Å². The van der Waals surface area contributed by atoms with Gasteiger partial charge < -0.3 is 19.5 Å². The number of methoxy groups -OCH3 is 3. The molecule has 0 fully saturated rings. The Kier molecular flexibility index (Phi) is 4.12. The van der Waals surface area contributed by atoms with Gasteiger partial charge >= 0.3 is 6.09 Å². The third-order valence-corrected chi connectivity index (χ3v) is 3.39. The van der Waals surface area contributed by atoms with Crippen molar-refractivity contribution < 1.29 is 23.8 Å². The number of amides is 1. The van der Waals surface area contributed by atoms with Gasteiger partial charge in [-0.05, 0) is 25.0 Å². The van der Waals surface area contributed by atoms with Gasteiger partial charge in [0.15, 0.2) is 17.3 Å². The van der Waals surface area contributed by atoms with E-state index < -0.39 is 12.1 Å². The van der Waals surface area contributed by atoms with Crippen molar-refractivity contribution in [2.75, 3.05) is 21.3 Å². The third kappa shape index (κ3) is 2.41. The van der Waals surface area contributed by atoms with Crippen LogP contribution in [0.3, 0.4) is 0 Å². The van der Waals surface area contributed by atoms with E-state index in [1.807, 2.05) is 0 Å². The highest BCUT2D eigenvalue weighted by Crippen LogP contribution is 2.37. The number of ketones is 1. The fourth-order valence-electron chi connectivity index (χ4n) is 2.42. The second-order valence-corrected chi connectivity index (χ2v) is 4.42. The number of carbonyl (C=O) groups excluding carboxylic acids is 2. The Hall–Kier alpha value is -2.24. The number of hydrogen-bond donors (Lipinski definition) is 1. The quantitative estimate of drug-likeness (QED) is 0.908. The average molecular weight is 279 g/mol. The first-order valence-corrected chi connectivity index (χ1v) is 6.25. The zero-order valence-corrected chi connectivity index (χ0v) is 11.7. The van der Waals surface area contributed by atoms with E-state index in [1.54, 1.807) is 26.4 Å². The van der Waals surface area contributed by atoms with Crippen molar-refractivity contribution >= 4 is 11.9 Å². The monoisotopic (exact) mass is 279 g/mol. The largest absolute Gasteiger partial charge is 0.493 e. The van der Waals surface area contributed by atoms with Crippen molar-refractivity contribution in [2.24, 2.45) is 0 Å². The van der Waals surface area contributed by atoms with Gasteiger partial charge in [-0.25, -0.2) is 4.79 Å². The van der Waals surface area contributed by atoms with Gasteiger partial charge in [0.1, 0.15) is 0 Å². The maximum absolute atomic E-state index is 12.4. The Labute approximate surface area is 117 Å². The fourth-order valence-corrected chi connectivity index (χ4v) is 2.42. The smallest absolute Gasteiger partial charge is 0.407 e. The lowest BCUT2D eigenvalue weighted by atomic mass is 9.86. The third-order valence-electron chi connectivity index (χ3n) is 3.39. The summed E-state index contributed by atoms with van der Waals surface area (Å²) in [6.07, 6.45) is 0.521. The van der Waals surface area contributed by atoms with Crippen LogP contribution in [0.1, 0.15) is 22.3 Å². The Bertz CT molecular complexity index is 541. The van der Waals surface area contributed by atoms with E-state index in [4.69, 9.17) is 9.47 Å². The van der Waals surface area contributed by atoms with E-state index in [-0.39, 0.29) is 5.78 Å². The van der Waals surface area contributed by atoms with Crippen molar-refractivity contribution in [3.8, 4) is 11.5 Å². The summed E-state index contributed by atoms with van der Waals surface area (Å²) in [5, 5.41) is 2.54. The van der Waals surface area contributed by atoms with Crippen LogP contribution in [0.4, 0.5) is 4.79 Å². The molecule has 0 saturated heterocycles. The Morgan fingerprint density at radius 2 is 2.00 bits per heavy atom. The summed E-state index contributed by atoms with van der Waals surface area (Å²) in [5.74, 6) is 1.03. The molecule has 20 heavy (non-hydrogen) atoms. The Balaban J connectivity index is 2.34. The molecule has 1 amide bonds. The molecule has 0 radical (unpaired) electrons. The average Bonchev–Trinajstić information content (AvgIpc) is 2.48. The number of ether oxygens (including phenoxy) is 3. The lowest BCUT2D eigenvalue weighted by molar-refractivity contribution is 0.0915. The number of nitrogens with one attached hydrogen (secondary N) is 1. The molecule has 108 valence electrons. The van der Waals surface area contributed by atoms with Crippen LogP contribution in [0.5, 0.6) is 11.5 Å². The van der Waals surface area contributed by atoms with Gasteiger partial charge in [0.25, 0.3) is 0 Å². The summed E-state index contributed by atoms with van der Waals surface area (Å²) < 4.78 is 15.1. The number of carbonyl (C=O) groups is 2. The molecule has 1 aliphatic carbocycles. The molecule has 1 atom stereocenters. The molecule has 1 unspecified atom stereocenters. The van der Waals surface area contributed by atoms with Gasteiger partial charge in [0.05, 0.1) is 27.4 Å². The first-order valence-electron chi connectivity index (χ1n) is 6.25. The number of fused-ring (bicyclic) bond motifs is 1. The van der Waals surface area contributed by atoms with Gasteiger partial charge in [-0.2, -0.15) is 0 Å². The summed E-state index contributed by atoms with van der Waals surface area (Å²) in [6, 6.07) is 2.83. The minimum Gasteiger partial charge on any atom is -0.493 e. The summed E-state index contributed by atoms with van der Waals surface area (Å²) in [4.78, 5) is 23.6. The molecular formula is C14H17NO5. The standard InChI is InChI=1S/C14H17NO5/c1-18-11-7-5-8-9(13(11)19-2)4-6-10(12(8)16)15-14(17)20-3/h5,7,10H,4,6H2,1-3H3,(H,15,17). The number of benzene rings is 1. The molecular weight excluding hydrogens is 262 g/mol. The zero-order valence-electron chi connectivity index (χ0n) is 11.7. The van der Waals surface area contributed by atoms with Gasteiger partial charge in [0, 0.05) is 11.1 Å². The Morgan fingerprint density at radius 3 is 2.60 bits per heavy atom. The normalized spacial score (nSPS) is 17.1. The summed E-state index contributed by atoms with van der Waals surface area (Å²) in [7, 11) is 4.36. The number of Topliss-reactive ketones (excluding diaryl/α,β-unsaturated/α-hetero) is 1. The van der Waals surface area contributed by atoms with Crippen molar-refractivity contribution in [2.45, 2.75) is 18.9 Å². The lowest BCUT2D eigenvalue weighted by Crippen LogP contribution is -2.43. The van der Waals surface area contributed by atoms with Crippen molar-refractivity contribution in [1.29, 1.82) is 0 Å².